The molecule has 3 atom stereocenters. The van der Waals surface area contributed by atoms with Gasteiger partial charge >= 0.3 is 0 Å². The van der Waals surface area contributed by atoms with Gasteiger partial charge in [0.05, 0.1) is 5.25 Å². The van der Waals surface area contributed by atoms with Gasteiger partial charge in [0.15, 0.2) is 5.78 Å². The topological polar surface area (TPSA) is 71.4 Å². The Kier molecular flexibility index (Phi) is 4.72. The number of aliphatic hydroxyl groups is 1. The molecule has 0 aromatic heterocycles. The first-order valence-corrected chi connectivity index (χ1v) is 8.09. The molecule has 17 heavy (non-hydrogen) atoms. The molecule has 0 spiro atoms. The number of hydrogen-bond donors (Lipinski definition) is 1. The van der Waals surface area contributed by atoms with Crippen molar-refractivity contribution >= 4 is 15.6 Å². The van der Waals surface area contributed by atoms with Crippen LogP contribution in [0.25, 0.3) is 0 Å². The third kappa shape index (κ3) is 3.78. The first kappa shape index (κ1) is 14.6. The lowest BCUT2D eigenvalue weighted by Gasteiger charge is -2.29. The van der Waals surface area contributed by atoms with Crippen LogP contribution in [0.3, 0.4) is 0 Å². The van der Waals surface area contributed by atoms with Crippen LogP contribution in [0.4, 0.5) is 0 Å². The summed E-state index contributed by atoms with van der Waals surface area (Å²) in [6, 6.07) is 0. The molecule has 0 aliphatic heterocycles. The van der Waals surface area contributed by atoms with Crippen LogP contribution in [-0.4, -0.2) is 36.9 Å². The van der Waals surface area contributed by atoms with Crippen molar-refractivity contribution in [2.24, 2.45) is 11.8 Å². The van der Waals surface area contributed by atoms with Crippen molar-refractivity contribution in [1.82, 2.24) is 0 Å². The Morgan fingerprint density at radius 3 is 2.35 bits per heavy atom. The van der Waals surface area contributed by atoms with Gasteiger partial charge in [0.1, 0.15) is 15.9 Å². The van der Waals surface area contributed by atoms with E-state index in [1.54, 1.807) is 13.8 Å². The molecular weight excluding hydrogens is 240 g/mol. The Morgan fingerprint density at radius 2 is 1.88 bits per heavy atom. The van der Waals surface area contributed by atoms with Gasteiger partial charge in [0.2, 0.25) is 0 Å². The minimum Gasteiger partial charge on any atom is -0.385 e. The second-order valence-corrected chi connectivity index (χ2v) is 7.73. The highest BCUT2D eigenvalue weighted by molar-refractivity contribution is 7.91. The third-order valence-corrected chi connectivity index (χ3v) is 5.20. The van der Waals surface area contributed by atoms with Gasteiger partial charge in [-0.15, -0.1) is 0 Å². The number of sulfone groups is 1. The zero-order chi connectivity index (χ0) is 13.2. The van der Waals surface area contributed by atoms with Crippen LogP contribution in [0.5, 0.6) is 0 Å². The molecule has 1 rings (SSSR count). The number of hydrogen-bond acceptors (Lipinski definition) is 4. The molecule has 0 radical (unpaired) electrons. The van der Waals surface area contributed by atoms with Crippen molar-refractivity contribution in [1.29, 1.82) is 0 Å². The summed E-state index contributed by atoms with van der Waals surface area (Å²) >= 11 is 0. The van der Waals surface area contributed by atoms with E-state index in [0.717, 1.165) is 6.42 Å². The maximum Gasteiger partial charge on any atom is 0.164 e. The van der Waals surface area contributed by atoms with Crippen molar-refractivity contribution < 1.29 is 18.3 Å². The maximum absolute atomic E-state index is 12.0. The molecular formula is C12H22O4S. The average molecular weight is 262 g/mol. The fraction of sp³-hybridized carbons (Fsp3) is 0.917. The zero-order valence-corrected chi connectivity index (χ0v) is 11.5. The van der Waals surface area contributed by atoms with E-state index >= 15 is 0 Å². The molecule has 1 fully saturated rings. The van der Waals surface area contributed by atoms with Gasteiger partial charge in [-0.3, -0.25) is 4.79 Å². The number of ketones is 1. The molecule has 1 aliphatic rings. The highest BCUT2D eigenvalue weighted by Gasteiger charge is 2.35. The number of Topliss-reactive ketones (excluding diaryl/α,β-unsaturated/α-hetero) is 1. The monoisotopic (exact) mass is 262 g/mol. The van der Waals surface area contributed by atoms with Crippen LogP contribution < -0.4 is 0 Å². The molecule has 3 unspecified atom stereocenters. The maximum atomic E-state index is 12.0. The smallest absolute Gasteiger partial charge is 0.164 e. The van der Waals surface area contributed by atoms with E-state index in [1.807, 2.05) is 0 Å². The number of rotatable bonds is 4. The fourth-order valence-electron chi connectivity index (χ4n) is 2.36. The minimum atomic E-state index is -3.07. The number of carbonyl (C=O) groups excluding carboxylic acids is 1. The van der Waals surface area contributed by atoms with E-state index in [4.69, 9.17) is 0 Å². The van der Waals surface area contributed by atoms with Crippen molar-refractivity contribution in [2.75, 3.05) is 6.26 Å². The standard InChI is InChI=1S/C12H22O4S/c1-8(2)11(13)12(14)9-5-4-6-10(7-9)17(3,15)16/h8-11,13H,4-7H2,1-3H3. The first-order valence-electron chi connectivity index (χ1n) is 6.14. The second kappa shape index (κ2) is 5.48. The largest absolute Gasteiger partial charge is 0.385 e. The van der Waals surface area contributed by atoms with E-state index in [1.165, 1.54) is 6.26 Å². The van der Waals surface area contributed by atoms with Crippen molar-refractivity contribution in [3.05, 3.63) is 0 Å². The summed E-state index contributed by atoms with van der Waals surface area (Å²) in [6.07, 6.45) is 2.73. The van der Waals surface area contributed by atoms with Gasteiger partial charge in [-0.1, -0.05) is 20.3 Å². The van der Waals surface area contributed by atoms with E-state index in [0.29, 0.717) is 19.3 Å². The lowest BCUT2D eigenvalue weighted by Crippen LogP contribution is -2.37. The van der Waals surface area contributed by atoms with Gasteiger partial charge in [0, 0.05) is 12.2 Å². The molecule has 1 N–H and O–H groups in total. The van der Waals surface area contributed by atoms with Crippen LogP contribution in [0.1, 0.15) is 39.5 Å². The number of carbonyl (C=O) groups is 1. The normalized spacial score (nSPS) is 28.1. The molecule has 1 aliphatic carbocycles. The lowest BCUT2D eigenvalue weighted by atomic mass is 9.82. The molecule has 0 bridgehead atoms. The van der Waals surface area contributed by atoms with Gasteiger partial charge in [0.25, 0.3) is 0 Å². The first-order chi connectivity index (χ1) is 7.73. The van der Waals surface area contributed by atoms with Crippen LogP contribution in [0.2, 0.25) is 0 Å². The summed E-state index contributed by atoms with van der Waals surface area (Å²) in [5.74, 6) is -0.588. The van der Waals surface area contributed by atoms with Crippen molar-refractivity contribution in [2.45, 2.75) is 50.9 Å². The Morgan fingerprint density at radius 1 is 1.29 bits per heavy atom. The van der Waals surface area contributed by atoms with Crippen LogP contribution in [0.15, 0.2) is 0 Å². The summed E-state index contributed by atoms with van der Waals surface area (Å²) in [5, 5.41) is 9.32. The molecule has 100 valence electrons. The van der Waals surface area contributed by atoms with Crippen LogP contribution >= 0.6 is 0 Å². The summed E-state index contributed by atoms with van der Waals surface area (Å²) in [6.45, 7) is 3.58. The molecule has 1 saturated carbocycles. The fourth-order valence-corrected chi connectivity index (χ4v) is 3.54. The molecule has 0 amide bonds. The van der Waals surface area contributed by atoms with Crippen molar-refractivity contribution in [3.8, 4) is 0 Å². The van der Waals surface area contributed by atoms with E-state index in [9.17, 15) is 18.3 Å². The van der Waals surface area contributed by atoms with E-state index < -0.39 is 21.2 Å². The molecule has 5 heteroatoms. The highest BCUT2D eigenvalue weighted by Crippen LogP contribution is 2.30. The summed E-state index contributed by atoms with van der Waals surface area (Å²) < 4.78 is 23.0. The Labute approximate surface area is 103 Å². The average Bonchev–Trinajstić information content (AvgIpc) is 2.26. The quantitative estimate of drug-likeness (QED) is 0.825. The predicted octanol–water partition coefficient (Wildman–Crippen LogP) is 1.18. The molecule has 0 heterocycles. The highest BCUT2D eigenvalue weighted by atomic mass is 32.2. The van der Waals surface area contributed by atoms with E-state index in [2.05, 4.69) is 0 Å². The van der Waals surface area contributed by atoms with Gasteiger partial charge in [-0.2, -0.15) is 0 Å². The Hall–Kier alpha value is -0.420. The van der Waals surface area contributed by atoms with E-state index in [-0.39, 0.29) is 17.6 Å². The SMILES string of the molecule is CC(C)C(O)C(=O)C1CCCC(S(C)(=O)=O)C1. The summed E-state index contributed by atoms with van der Waals surface area (Å²) in [5.41, 5.74) is 0. The van der Waals surface area contributed by atoms with Gasteiger partial charge in [-0.25, -0.2) is 8.42 Å². The molecule has 0 saturated heterocycles. The predicted molar refractivity (Wildman–Crippen MR) is 66.4 cm³/mol. The van der Waals surface area contributed by atoms with Crippen LogP contribution in [-0.2, 0) is 14.6 Å². The Balaban J connectivity index is 2.70. The summed E-state index contributed by atoms with van der Waals surface area (Å²) in [4.78, 5) is 12.0. The molecule has 0 aromatic carbocycles. The van der Waals surface area contributed by atoms with Crippen molar-refractivity contribution in [3.63, 3.8) is 0 Å². The number of aliphatic hydroxyl groups excluding tert-OH is 1. The second-order valence-electron chi connectivity index (χ2n) is 5.41. The third-order valence-electron chi connectivity index (χ3n) is 3.56. The van der Waals surface area contributed by atoms with Gasteiger partial charge < -0.3 is 5.11 Å². The summed E-state index contributed by atoms with van der Waals surface area (Å²) in [7, 11) is -3.07. The van der Waals surface area contributed by atoms with Crippen LogP contribution in [0, 0.1) is 11.8 Å². The Bertz CT molecular complexity index is 372. The zero-order valence-electron chi connectivity index (χ0n) is 10.7. The minimum absolute atomic E-state index is 0.110. The lowest BCUT2D eigenvalue weighted by molar-refractivity contribution is -0.134. The van der Waals surface area contributed by atoms with Gasteiger partial charge in [-0.05, 0) is 25.2 Å². The molecule has 4 nitrogen and oxygen atoms in total. The molecule has 0 aromatic rings.